The first-order chi connectivity index (χ1) is 8.11. The highest BCUT2D eigenvalue weighted by Crippen LogP contribution is 2.32. The molecule has 0 radical (unpaired) electrons. The van der Waals surface area contributed by atoms with E-state index in [2.05, 4.69) is 0 Å². The van der Waals surface area contributed by atoms with Gasteiger partial charge in [0, 0.05) is 19.2 Å². The first-order valence-electron chi connectivity index (χ1n) is 6.11. The SMILES string of the molecule is CCN(CC1CCC1)c1cc(F)cc(F)c1N. The smallest absolute Gasteiger partial charge is 0.151 e. The van der Waals surface area contributed by atoms with E-state index >= 15 is 0 Å². The average Bonchev–Trinajstić information content (AvgIpc) is 2.23. The van der Waals surface area contributed by atoms with Crippen LogP contribution in [0.3, 0.4) is 0 Å². The number of hydrogen-bond donors (Lipinski definition) is 1. The summed E-state index contributed by atoms with van der Waals surface area (Å²) >= 11 is 0. The quantitative estimate of drug-likeness (QED) is 0.819. The summed E-state index contributed by atoms with van der Waals surface area (Å²) in [6.07, 6.45) is 3.66. The Hall–Kier alpha value is -1.32. The normalized spacial score (nSPS) is 15.7. The second-order valence-corrected chi connectivity index (χ2v) is 4.66. The molecule has 0 heterocycles. The number of rotatable bonds is 4. The summed E-state index contributed by atoms with van der Waals surface area (Å²) in [5.74, 6) is -0.605. The van der Waals surface area contributed by atoms with Crippen molar-refractivity contribution in [1.82, 2.24) is 0 Å². The molecule has 17 heavy (non-hydrogen) atoms. The lowest BCUT2D eigenvalue weighted by Crippen LogP contribution is -2.33. The molecule has 1 aliphatic rings. The van der Waals surface area contributed by atoms with Crippen molar-refractivity contribution in [3.8, 4) is 0 Å². The van der Waals surface area contributed by atoms with E-state index in [-0.39, 0.29) is 5.69 Å². The van der Waals surface area contributed by atoms with Gasteiger partial charge in [-0.2, -0.15) is 0 Å². The van der Waals surface area contributed by atoms with Crippen molar-refractivity contribution in [3.63, 3.8) is 0 Å². The van der Waals surface area contributed by atoms with E-state index in [0.717, 1.165) is 12.6 Å². The van der Waals surface area contributed by atoms with Crippen LogP contribution in [0.5, 0.6) is 0 Å². The lowest BCUT2D eigenvalue weighted by Gasteiger charge is -2.33. The maximum Gasteiger partial charge on any atom is 0.151 e. The molecule has 1 aromatic carbocycles. The molecule has 1 fully saturated rings. The lowest BCUT2D eigenvalue weighted by atomic mass is 9.85. The molecule has 0 aromatic heterocycles. The van der Waals surface area contributed by atoms with Gasteiger partial charge < -0.3 is 10.6 Å². The molecule has 0 atom stereocenters. The van der Waals surface area contributed by atoms with Crippen LogP contribution in [-0.4, -0.2) is 13.1 Å². The van der Waals surface area contributed by atoms with Crippen molar-refractivity contribution >= 4 is 11.4 Å². The Morgan fingerprint density at radius 1 is 1.35 bits per heavy atom. The molecule has 1 aromatic rings. The minimum absolute atomic E-state index is 0.0487. The number of benzene rings is 1. The van der Waals surface area contributed by atoms with E-state index < -0.39 is 11.6 Å². The van der Waals surface area contributed by atoms with E-state index in [4.69, 9.17) is 5.73 Å². The zero-order chi connectivity index (χ0) is 12.4. The molecule has 94 valence electrons. The predicted octanol–water partition coefficient (Wildman–Crippen LogP) is 3.17. The van der Waals surface area contributed by atoms with Gasteiger partial charge in [-0.15, -0.1) is 0 Å². The number of halogens is 2. The van der Waals surface area contributed by atoms with E-state index in [1.54, 1.807) is 0 Å². The van der Waals surface area contributed by atoms with Crippen molar-refractivity contribution < 1.29 is 8.78 Å². The number of nitrogen functional groups attached to an aromatic ring is 1. The maximum atomic E-state index is 13.4. The van der Waals surface area contributed by atoms with Crippen molar-refractivity contribution in [3.05, 3.63) is 23.8 Å². The molecule has 1 saturated carbocycles. The van der Waals surface area contributed by atoms with Gasteiger partial charge >= 0.3 is 0 Å². The van der Waals surface area contributed by atoms with Gasteiger partial charge in [0.1, 0.15) is 5.82 Å². The molecule has 0 saturated heterocycles. The Kier molecular flexibility index (Phi) is 3.50. The highest BCUT2D eigenvalue weighted by atomic mass is 19.1. The van der Waals surface area contributed by atoms with Crippen LogP contribution in [0.25, 0.3) is 0 Å². The molecular formula is C13H18F2N2. The third-order valence-electron chi connectivity index (χ3n) is 3.50. The minimum Gasteiger partial charge on any atom is -0.395 e. The van der Waals surface area contributed by atoms with Gasteiger partial charge in [0.05, 0.1) is 11.4 Å². The highest BCUT2D eigenvalue weighted by Gasteiger charge is 2.22. The number of nitrogens with zero attached hydrogens (tertiary/aromatic N) is 1. The van der Waals surface area contributed by atoms with Gasteiger partial charge in [0.15, 0.2) is 5.82 Å². The van der Waals surface area contributed by atoms with Gasteiger partial charge in [0.25, 0.3) is 0 Å². The number of hydrogen-bond acceptors (Lipinski definition) is 2. The second-order valence-electron chi connectivity index (χ2n) is 4.66. The molecule has 2 rings (SSSR count). The molecule has 2 nitrogen and oxygen atoms in total. The van der Waals surface area contributed by atoms with Crippen LogP contribution < -0.4 is 10.6 Å². The molecule has 0 spiro atoms. The fraction of sp³-hybridized carbons (Fsp3) is 0.538. The van der Waals surface area contributed by atoms with E-state index in [1.165, 1.54) is 25.3 Å². The molecular weight excluding hydrogens is 222 g/mol. The van der Waals surface area contributed by atoms with E-state index in [9.17, 15) is 8.78 Å². The molecule has 4 heteroatoms. The average molecular weight is 240 g/mol. The predicted molar refractivity (Wildman–Crippen MR) is 66.0 cm³/mol. The zero-order valence-corrected chi connectivity index (χ0v) is 10.0. The van der Waals surface area contributed by atoms with Gasteiger partial charge in [-0.25, -0.2) is 8.78 Å². The minimum atomic E-state index is -0.674. The Labute approximate surface area is 100 Å². The fourth-order valence-electron chi connectivity index (χ4n) is 2.22. The van der Waals surface area contributed by atoms with Crippen LogP contribution in [0.4, 0.5) is 20.2 Å². The monoisotopic (exact) mass is 240 g/mol. The molecule has 0 amide bonds. The molecule has 0 unspecified atom stereocenters. The standard InChI is InChI=1S/C13H18F2N2/c1-2-17(8-9-4-3-5-9)12-7-10(14)6-11(15)13(12)16/h6-7,9H,2-5,8,16H2,1H3. The first-order valence-corrected chi connectivity index (χ1v) is 6.11. The second kappa shape index (κ2) is 4.90. The summed E-state index contributed by atoms with van der Waals surface area (Å²) in [7, 11) is 0. The zero-order valence-electron chi connectivity index (χ0n) is 10.0. The van der Waals surface area contributed by atoms with Crippen molar-refractivity contribution in [2.45, 2.75) is 26.2 Å². The van der Waals surface area contributed by atoms with Crippen LogP contribution in [0.15, 0.2) is 12.1 Å². The van der Waals surface area contributed by atoms with Crippen LogP contribution >= 0.6 is 0 Å². The summed E-state index contributed by atoms with van der Waals surface area (Å²) in [6.45, 7) is 3.52. The van der Waals surface area contributed by atoms with Gasteiger partial charge in [-0.3, -0.25) is 0 Å². The Morgan fingerprint density at radius 3 is 2.59 bits per heavy atom. The lowest BCUT2D eigenvalue weighted by molar-refractivity contribution is 0.318. The van der Waals surface area contributed by atoms with Crippen LogP contribution in [0.2, 0.25) is 0 Å². The highest BCUT2D eigenvalue weighted by molar-refractivity contribution is 5.68. The molecule has 1 aliphatic carbocycles. The van der Waals surface area contributed by atoms with E-state index in [1.807, 2.05) is 11.8 Å². The Bertz CT molecular complexity index is 403. The molecule has 0 bridgehead atoms. The number of anilines is 2. The topological polar surface area (TPSA) is 29.3 Å². The summed E-state index contributed by atoms with van der Waals surface area (Å²) in [5, 5.41) is 0. The largest absolute Gasteiger partial charge is 0.395 e. The van der Waals surface area contributed by atoms with Crippen LogP contribution in [-0.2, 0) is 0 Å². The summed E-state index contributed by atoms with van der Waals surface area (Å²) in [5.41, 5.74) is 6.21. The third-order valence-corrected chi connectivity index (χ3v) is 3.50. The van der Waals surface area contributed by atoms with Gasteiger partial charge in [0.2, 0.25) is 0 Å². The van der Waals surface area contributed by atoms with Gasteiger partial charge in [-0.1, -0.05) is 6.42 Å². The van der Waals surface area contributed by atoms with E-state index in [0.29, 0.717) is 18.2 Å². The first kappa shape index (κ1) is 12.1. The summed E-state index contributed by atoms with van der Waals surface area (Å²) in [4.78, 5) is 1.96. The summed E-state index contributed by atoms with van der Waals surface area (Å²) < 4.78 is 26.6. The van der Waals surface area contributed by atoms with Gasteiger partial charge in [-0.05, 0) is 31.7 Å². The van der Waals surface area contributed by atoms with Crippen molar-refractivity contribution in [2.75, 3.05) is 23.7 Å². The maximum absolute atomic E-state index is 13.4. The molecule has 2 N–H and O–H groups in total. The Morgan fingerprint density at radius 2 is 2.06 bits per heavy atom. The fourth-order valence-corrected chi connectivity index (χ4v) is 2.22. The molecule has 0 aliphatic heterocycles. The van der Waals surface area contributed by atoms with Crippen LogP contribution in [0, 0.1) is 17.6 Å². The Balaban J connectivity index is 2.22. The van der Waals surface area contributed by atoms with Crippen molar-refractivity contribution in [1.29, 1.82) is 0 Å². The number of nitrogens with two attached hydrogens (primary N) is 1. The third kappa shape index (κ3) is 2.51. The summed E-state index contributed by atoms with van der Waals surface area (Å²) in [6, 6.07) is 2.15. The van der Waals surface area contributed by atoms with Crippen LogP contribution in [0.1, 0.15) is 26.2 Å². The van der Waals surface area contributed by atoms with Crippen molar-refractivity contribution in [2.24, 2.45) is 5.92 Å².